The lowest BCUT2D eigenvalue weighted by Gasteiger charge is -2.42. The van der Waals surface area contributed by atoms with Crippen LogP contribution in [-0.2, 0) is 18.3 Å². The molecule has 3 N–H and O–H groups in total. The third-order valence-corrected chi connectivity index (χ3v) is 13.1. The van der Waals surface area contributed by atoms with Gasteiger partial charge in [-0.25, -0.2) is 14.6 Å². The Bertz CT molecular complexity index is 1960. The topological polar surface area (TPSA) is 155 Å². The molecule has 2 saturated heterocycles. The van der Waals surface area contributed by atoms with Gasteiger partial charge in [-0.05, 0) is 104 Å². The van der Waals surface area contributed by atoms with Crippen molar-refractivity contribution in [3.8, 4) is 23.5 Å². The van der Waals surface area contributed by atoms with Crippen LogP contribution in [0, 0.1) is 11.3 Å². The summed E-state index contributed by atoms with van der Waals surface area (Å²) in [6.45, 7) is 9.47. The monoisotopic (exact) mass is 669 g/mol. The lowest BCUT2D eigenvalue weighted by molar-refractivity contribution is 0.0321. The highest BCUT2D eigenvalue weighted by atomic mass is 32.1. The number of fused-ring (bicyclic) bond motifs is 6. The van der Waals surface area contributed by atoms with E-state index in [0.29, 0.717) is 53.2 Å². The maximum absolute atomic E-state index is 11.3. The zero-order valence-electron chi connectivity index (χ0n) is 28.0. The molecule has 0 bridgehead atoms. The van der Waals surface area contributed by atoms with Crippen LogP contribution in [0.1, 0.15) is 106 Å². The minimum Gasteiger partial charge on any atom is -0.474 e. The quantitative estimate of drug-likeness (QED) is 0.298. The highest BCUT2D eigenvalue weighted by Crippen LogP contribution is 2.55. The Balaban J connectivity index is 1.23. The van der Waals surface area contributed by atoms with Gasteiger partial charge in [0.25, 0.3) is 0 Å². The van der Waals surface area contributed by atoms with Crippen LogP contribution < -0.4 is 15.4 Å². The first-order chi connectivity index (χ1) is 23.2. The Labute approximate surface area is 283 Å². The van der Waals surface area contributed by atoms with Gasteiger partial charge in [-0.1, -0.05) is 5.16 Å². The fourth-order valence-electron chi connectivity index (χ4n) is 9.37. The standard InChI is InChI=1S/C35H43N9O3S/c1-19(42-14-4-5-15-42)20(2)44-32-25-31(43-18-34(3,45)13-10-21(43)17-46-33(25)40-44)38-30(39-32)27-22-8-6-11-35(28(22)47-41-27)12-7-9-24-26(35)23(16-36)29(37)48-24/h19-21,45H,4-15,17-18,37H2,1-3H3. The molecule has 1 spiro atoms. The maximum Gasteiger partial charge on any atom is 0.246 e. The molecule has 4 aromatic rings. The Morgan fingerprint density at radius 1 is 1.08 bits per heavy atom. The molecular weight excluding hydrogens is 627 g/mol. The van der Waals surface area contributed by atoms with Crippen molar-refractivity contribution in [2.45, 2.75) is 114 Å². The number of nitriles is 1. The van der Waals surface area contributed by atoms with Crippen LogP contribution in [0.3, 0.4) is 0 Å². The van der Waals surface area contributed by atoms with Gasteiger partial charge >= 0.3 is 0 Å². The second-order valence-electron chi connectivity index (χ2n) is 15.1. The Hall–Kier alpha value is -3.73. The number of piperidine rings is 1. The van der Waals surface area contributed by atoms with Crippen LogP contribution >= 0.6 is 11.3 Å². The van der Waals surface area contributed by atoms with Gasteiger partial charge in [0.1, 0.15) is 28.9 Å². The molecule has 0 radical (unpaired) electrons. The van der Waals surface area contributed by atoms with Crippen molar-refractivity contribution in [2.75, 3.05) is 36.9 Å². The van der Waals surface area contributed by atoms with Crippen molar-refractivity contribution in [2.24, 2.45) is 0 Å². The van der Waals surface area contributed by atoms with E-state index < -0.39 is 11.0 Å². The molecule has 7 heterocycles. The Morgan fingerprint density at radius 3 is 2.67 bits per heavy atom. The SMILES string of the molecule is CC(C(C)n1nc2c3c(nc(-c4noc5c4CCCC54CCCc5sc(N)c(C#N)c54)nc31)N1CC(C)(O)CCC1CO2)N1CCCC1. The first-order valence-corrected chi connectivity index (χ1v) is 18.5. The van der Waals surface area contributed by atoms with E-state index in [1.54, 1.807) is 11.3 Å². The molecular formula is C35H43N9O3S. The number of nitrogens with zero attached hydrogens (tertiary/aromatic N) is 8. The number of nitrogen functional groups attached to an aromatic ring is 1. The minimum absolute atomic E-state index is 0.0295. The van der Waals surface area contributed by atoms with Gasteiger partial charge in [0.2, 0.25) is 5.88 Å². The van der Waals surface area contributed by atoms with Gasteiger partial charge < -0.3 is 25.0 Å². The third kappa shape index (κ3) is 4.38. The van der Waals surface area contributed by atoms with Crippen molar-refractivity contribution in [1.29, 1.82) is 5.26 Å². The van der Waals surface area contributed by atoms with Crippen LogP contribution in [0.4, 0.5) is 10.8 Å². The lowest BCUT2D eigenvalue weighted by atomic mass is 9.63. The number of aliphatic hydroxyl groups is 1. The van der Waals surface area contributed by atoms with Gasteiger partial charge in [-0.3, -0.25) is 4.90 Å². The number of nitrogens with two attached hydrogens (primary N) is 1. The van der Waals surface area contributed by atoms with Gasteiger partial charge in [0, 0.05) is 23.0 Å². The molecule has 12 nitrogen and oxygen atoms in total. The van der Waals surface area contributed by atoms with E-state index in [0.717, 1.165) is 86.1 Å². The molecule has 9 rings (SSSR count). The van der Waals surface area contributed by atoms with Crippen molar-refractivity contribution < 1.29 is 14.4 Å². The molecule has 0 saturated carbocycles. The molecule has 3 aliphatic heterocycles. The summed E-state index contributed by atoms with van der Waals surface area (Å²) in [4.78, 5) is 16.5. The minimum atomic E-state index is -0.856. The summed E-state index contributed by atoms with van der Waals surface area (Å²) in [5, 5.41) is 32.6. The molecule has 2 aliphatic carbocycles. The fraction of sp³-hybridized carbons (Fsp3) is 0.629. The van der Waals surface area contributed by atoms with E-state index in [-0.39, 0.29) is 18.1 Å². The summed E-state index contributed by atoms with van der Waals surface area (Å²) in [6, 6.07) is 2.76. The maximum atomic E-state index is 11.3. The summed E-state index contributed by atoms with van der Waals surface area (Å²) < 4.78 is 14.8. The fourth-order valence-corrected chi connectivity index (χ4v) is 10.5. The van der Waals surface area contributed by atoms with Crippen LogP contribution in [-0.4, -0.2) is 78.8 Å². The van der Waals surface area contributed by atoms with E-state index in [1.807, 2.05) is 11.6 Å². The van der Waals surface area contributed by atoms with Crippen molar-refractivity contribution in [3.63, 3.8) is 0 Å². The first-order valence-electron chi connectivity index (χ1n) is 17.7. The molecule has 0 amide bonds. The largest absolute Gasteiger partial charge is 0.474 e. The van der Waals surface area contributed by atoms with Crippen molar-refractivity contribution >= 4 is 33.2 Å². The van der Waals surface area contributed by atoms with E-state index in [4.69, 9.17) is 35.2 Å². The Morgan fingerprint density at radius 2 is 1.88 bits per heavy atom. The number of ether oxygens (including phenoxy) is 1. The van der Waals surface area contributed by atoms with Gasteiger partial charge in [0.15, 0.2) is 22.9 Å². The average Bonchev–Trinajstić information content (AvgIpc) is 3.87. The zero-order chi connectivity index (χ0) is 32.9. The highest BCUT2D eigenvalue weighted by molar-refractivity contribution is 7.16. The second-order valence-corrected chi connectivity index (χ2v) is 16.2. The summed E-state index contributed by atoms with van der Waals surface area (Å²) >= 11 is 1.55. The molecule has 4 aromatic heterocycles. The second kappa shape index (κ2) is 10.9. The molecule has 252 valence electrons. The number of hydrogen-bond acceptors (Lipinski definition) is 12. The van der Waals surface area contributed by atoms with Crippen LogP contribution in [0.5, 0.6) is 5.88 Å². The molecule has 0 aromatic carbocycles. The van der Waals surface area contributed by atoms with E-state index in [9.17, 15) is 10.4 Å². The van der Waals surface area contributed by atoms with Gasteiger partial charge in [-0.2, -0.15) is 5.26 Å². The van der Waals surface area contributed by atoms with E-state index in [2.05, 4.69) is 29.7 Å². The molecule has 2 fully saturated rings. The molecule has 5 atom stereocenters. The van der Waals surface area contributed by atoms with Crippen LogP contribution in [0.25, 0.3) is 22.6 Å². The molecule has 5 unspecified atom stereocenters. The summed E-state index contributed by atoms with van der Waals surface area (Å²) in [5.41, 5.74) is 9.15. The highest BCUT2D eigenvalue weighted by Gasteiger charge is 2.49. The number of anilines is 2. The predicted octanol–water partition coefficient (Wildman–Crippen LogP) is 5.11. The number of aromatic nitrogens is 5. The van der Waals surface area contributed by atoms with Crippen LogP contribution in [0.2, 0.25) is 0 Å². The molecule has 13 heteroatoms. The van der Waals surface area contributed by atoms with Gasteiger partial charge in [-0.15, -0.1) is 16.4 Å². The smallest absolute Gasteiger partial charge is 0.246 e. The van der Waals surface area contributed by atoms with E-state index in [1.165, 1.54) is 17.7 Å². The lowest BCUT2D eigenvalue weighted by Crippen LogP contribution is -2.53. The normalized spacial score (nSPS) is 28.0. The van der Waals surface area contributed by atoms with Crippen molar-refractivity contribution in [1.82, 2.24) is 29.8 Å². The first kappa shape index (κ1) is 30.3. The van der Waals surface area contributed by atoms with Gasteiger partial charge in [0.05, 0.1) is 28.7 Å². The number of hydrogen-bond donors (Lipinski definition) is 2. The number of thiophene rings is 1. The summed E-state index contributed by atoms with van der Waals surface area (Å²) in [5.74, 6) is 2.62. The summed E-state index contributed by atoms with van der Waals surface area (Å²) in [6.07, 6.45) is 9.35. The number of likely N-dealkylation sites (tertiary alicyclic amines) is 1. The number of aryl methyl sites for hydroxylation is 1. The zero-order valence-corrected chi connectivity index (χ0v) is 28.8. The third-order valence-electron chi connectivity index (χ3n) is 12.0. The summed E-state index contributed by atoms with van der Waals surface area (Å²) in [7, 11) is 0. The number of rotatable bonds is 4. The predicted molar refractivity (Wildman–Crippen MR) is 182 cm³/mol. The molecule has 48 heavy (non-hydrogen) atoms. The van der Waals surface area contributed by atoms with Crippen LogP contribution in [0.15, 0.2) is 4.52 Å². The van der Waals surface area contributed by atoms with E-state index >= 15 is 0 Å². The molecule has 5 aliphatic rings. The Kier molecular flexibility index (Phi) is 6.88. The van der Waals surface area contributed by atoms with Crippen molar-refractivity contribution in [3.05, 3.63) is 27.3 Å². The average molecular weight is 670 g/mol.